The molecule has 1 heterocycles. The number of morpholine rings is 1. The van der Waals surface area contributed by atoms with Crippen LogP contribution in [-0.2, 0) is 9.53 Å². The molecule has 1 aliphatic heterocycles. The van der Waals surface area contributed by atoms with Crippen molar-refractivity contribution in [3.8, 4) is 0 Å². The molecule has 1 fully saturated rings. The minimum atomic E-state index is -0.205. The number of nitrogens with one attached hydrogen (secondary N) is 3. The molecule has 0 aromatic rings. The predicted molar refractivity (Wildman–Crippen MR) is 85.8 cm³/mol. The number of nitrogens with zero attached hydrogens (tertiary/aromatic N) is 1. The van der Waals surface area contributed by atoms with E-state index in [-0.39, 0.29) is 18.0 Å². The van der Waals surface area contributed by atoms with Gasteiger partial charge in [0.25, 0.3) is 0 Å². The molecule has 0 spiro atoms. The van der Waals surface area contributed by atoms with Crippen LogP contribution in [0.25, 0.3) is 0 Å². The molecule has 0 saturated carbocycles. The Morgan fingerprint density at radius 3 is 2.45 bits per heavy atom. The molecule has 0 unspecified atom stereocenters. The van der Waals surface area contributed by atoms with Gasteiger partial charge in [0, 0.05) is 38.6 Å². The first-order chi connectivity index (χ1) is 10.6. The maximum atomic E-state index is 11.5. The van der Waals surface area contributed by atoms with E-state index in [0.29, 0.717) is 19.5 Å². The number of ether oxygens (including phenoxy) is 1. The Morgan fingerprint density at radius 2 is 1.77 bits per heavy atom. The summed E-state index contributed by atoms with van der Waals surface area (Å²) < 4.78 is 5.30. The van der Waals surface area contributed by atoms with Gasteiger partial charge < -0.3 is 20.7 Å². The second kappa shape index (κ2) is 11.3. The second-order valence-electron chi connectivity index (χ2n) is 5.82. The van der Waals surface area contributed by atoms with Crippen molar-refractivity contribution in [2.24, 2.45) is 0 Å². The van der Waals surface area contributed by atoms with E-state index in [1.165, 1.54) is 0 Å². The third-order valence-corrected chi connectivity index (χ3v) is 3.38. The van der Waals surface area contributed by atoms with Gasteiger partial charge in [-0.2, -0.15) is 0 Å². The smallest absolute Gasteiger partial charge is 0.314 e. The average Bonchev–Trinajstić information content (AvgIpc) is 2.47. The first-order valence-electron chi connectivity index (χ1n) is 8.19. The molecule has 128 valence electrons. The summed E-state index contributed by atoms with van der Waals surface area (Å²) in [6.45, 7) is 9.56. The fourth-order valence-electron chi connectivity index (χ4n) is 2.23. The molecule has 0 aliphatic carbocycles. The molecule has 0 radical (unpaired) electrons. The van der Waals surface area contributed by atoms with Gasteiger partial charge in [-0.05, 0) is 33.2 Å². The summed E-state index contributed by atoms with van der Waals surface area (Å²) in [7, 11) is 0. The van der Waals surface area contributed by atoms with Gasteiger partial charge in [-0.3, -0.25) is 9.69 Å². The number of amides is 3. The van der Waals surface area contributed by atoms with Crippen LogP contribution >= 0.6 is 0 Å². The Morgan fingerprint density at radius 1 is 1.09 bits per heavy atom. The second-order valence-corrected chi connectivity index (χ2v) is 5.82. The van der Waals surface area contributed by atoms with Crippen LogP contribution in [0, 0.1) is 0 Å². The van der Waals surface area contributed by atoms with Gasteiger partial charge in [0.1, 0.15) is 0 Å². The Balaban J connectivity index is 1.91. The highest BCUT2D eigenvalue weighted by Crippen LogP contribution is 1.99. The summed E-state index contributed by atoms with van der Waals surface area (Å²) in [6, 6.07) is -0.0727. The Bertz CT molecular complexity index is 331. The zero-order valence-corrected chi connectivity index (χ0v) is 13.8. The molecule has 7 heteroatoms. The summed E-state index contributed by atoms with van der Waals surface area (Å²) in [5, 5.41) is 8.28. The third-order valence-electron chi connectivity index (χ3n) is 3.38. The largest absolute Gasteiger partial charge is 0.379 e. The highest BCUT2D eigenvalue weighted by Gasteiger charge is 2.09. The number of unbranched alkanes of at least 4 members (excludes halogenated alkanes) is 1. The van der Waals surface area contributed by atoms with Gasteiger partial charge in [0.2, 0.25) is 5.91 Å². The number of carbonyl (C=O) groups excluding carboxylic acids is 2. The van der Waals surface area contributed by atoms with Crippen LogP contribution in [-0.4, -0.2) is 68.8 Å². The summed E-state index contributed by atoms with van der Waals surface area (Å²) in [5.74, 6) is -0.0409. The van der Waals surface area contributed by atoms with E-state index in [4.69, 9.17) is 4.74 Å². The van der Waals surface area contributed by atoms with Crippen LogP contribution in [0.5, 0.6) is 0 Å². The van der Waals surface area contributed by atoms with Crippen molar-refractivity contribution in [3.05, 3.63) is 0 Å². The number of hydrogen-bond acceptors (Lipinski definition) is 4. The number of rotatable bonds is 9. The molecule has 1 rings (SSSR count). The van der Waals surface area contributed by atoms with Crippen LogP contribution in [0.4, 0.5) is 4.79 Å². The van der Waals surface area contributed by atoms with Crippen molar-refractivity contribution in [2.45, 2.75) is 39.2 Å². The van der Waals surface area contributed by atoms with Crippen molar-refractivity contribution in [3.63, 3.8) is 0 Å². The first kappa shape index (κ1) is 18.7. The zero-order valence-electron chi connectivity index (χ0n) is 13.8. The summed E-state index contributed by atoms with van der Waals surface area (Å²) in [6.07, 6.45) is 2.33. The summed E-state index contributed by atoms with van der Waals surface area (Å²) in [4.78, 5) is 25.3. The van der Waals surface area contributed by atoms with Crippen LogP contribution in [0.1, 0.15) is 33.1 Å². The Kier molecular flexibility index (Phi) is 9.57. The standard InChI is InChI=1S/C15H30N4O3/c1-13(2)18-14(20)5-7-17-15(21)16-6-3-4-8-19-9-11-22-12-10-19/h13H,3-12H2,1-2H3,(H,18,20)(H2,16,17,21). The lowest BCUT2D eigenvalue weighted by Gasteiger charge is -2.26. The van der Waals surface area contributed by atoms with Crippen molar-refractivity contribution in [1.29, 1.82) is 0 Å². The van der Waals surface area contributed by atoms with Gasteiger partial charge in [-0.1, -0.05) is 0 Å². The Labute approximate surface area is 133 Å². The molecular formula is C15H30N4O3. The molecular weight excluding hydrogens is 284 g/mol. The van der Waals surface area contributed by atoms with E-state index >= 15 is 0 Å². The van der Waals surface area contributed by atoms with Crippen molar-refractivity contribution < 1.29 is 14.3 Å². The fourth-order valence-corrected chi connectivity index (χ4v) is 2.23. The van der Waals surface area contributed by atoms with Gasteiger partial charge in [-0.15, -0.1) is 0 Å². The molecule has 1 saturated heterocycles. The first-order valence-corrected chi connectivity index (χ1v) is 8.19. The maximum Gasteiger partial charge on any atom is 0.314 e. The highest BCUT2D eigenvalue weighted by atomic mass is 16.5. The van der Waals surface area contributed by atoms with Crippen LogP contribution in [0.3, 0.4) is 0 Å². The van der Waals surface area contributed by atoms with E-state index in [2.05, 4.69) is 20.9 Å². The van der Waals surface area contributed by atoms with E-state index in [9.17, 15) is 9.59 Å². The van der Waals surface area contributed by atoms with Crippen LogP contribution < -0.4 is 16.0 Å². The monoisotopic (exact) mass is 314 g/mol. The lowest BCUT2D eigenvalue weighted by Crippen LogP contribution is -2.39. The molecule has 1 aliphatic rings. The molecule has 3 amide bonds. The van der Waals surface area contributed by atoms with Gasteiger partial charge in [0.05, 0.1) is 13.2 Å². The van der Waals surface area contributed by atoms with E-state index in [0.717, 1.165) is 45.7 Å². The normalized spacial score (nSPS) is 15.6. The predicted octanol–water partition coefficient (Wildman–Crippen LogP) is 0.313. The average molecular weight is 314 g/mol. The Hall–Kier alpha value is -1.34. The van der Waals surface area contributed by atoms with Crippen LogP contribution in [0.15, 0.2) is 0 Å². The third kappa shape index (κ3) is 9.57. The number of hydrogen-bond donors (Lipinski definition) is 3. The van der Waals surface area contributed by atoms with Crippen molar-refractivity contribution >= 4 is 11.9 Å². The number of urea groups is 1. The zero-order chi connectivity index (χ0) is 16.2. The highest BCUT2D eigenvalue weighted by molar-refractivity contribution is 5.78. The molecule has 0 aromatic carbocycles. The van der Waals surface area contributed by atoms with Crippen molar-refractivity contribution in [2.75, 3.05) is 45.9 Å². The van der Waals surface area contributed by atoms with E-state index < -0.39 is 0 Å². The lowest BCUT2D eigenvalue weighted by atomic mass is 10.3. The molecule has 3 N–H and O–H groups in total. The molecule has 0 atom stereocenters. The molecule has 0 aromatic heterocycles. The van der Waals surface area contributed by atoms with Gasteiger partial charge in [-0.25, -0.2) is 4.79 Å². The minimum Gasteiger partial charge on any atom is -0.379 e. The summed E-state index contributed by atoms with van der Waals surface area (Å²) >= 11 is 0. The van der Waals surface area contributed by atoms with Crippen LogP contribution in [0.2, 0.25) is 0 Å². The van der Waals surface area contributed by atoms with E-state index in [1.54, 1.807) is 0 Å². The van der Waals surface area contributed by atoms with E-state index in [1.807, 2.05) is 13.8 Å². The quantitative estimate of drug-likeness (QED) is 0.535. The van der Waals surface area contributed by atoms with Gasteiger partial charge >= 0.3 is 6.03 Å². The van der Waals surface area contributed by atoms with Gasteiger partial charge in [0.15, 0.2) is 0 Å². The minimum absolute atomic E-state index is 0.0409. The maximum absolute atomic E-state index is 11.5. The SMILES string of the molecule is CC(C)NC(=O)CCNC(=O)NCCCCN1CCOCC1. The molecule has 22 heavy (non-hydrogen) atoms. The molecule has 0 bridgehead atoms. The topological polar surface area (TPSA) is 82.7 Å². The fraction of sp³-hybridized carbons (Fsp3) is 0.867. The summed E-state index contributed by atoms with van der Waals surface area (Å²) in [5.41, 5.74) is 0. The lowest BCUT2D eigenvalue weighted by molar-refractivity contribution is -0.121. The number of carbonyl (C=O) groups is 2. The van der Waals surface area contributed by atoms with Crippen molar-refractivity contribution in [1.82, 2.24) is 20.9 Å². The molecule has 7 nitrogen and oxygen atoms in total.